The van der Waals surface area contributed by atoms with Gasteiger partial charge in [-0.2, -0.15) is 0 Å². The molecule has 0 unspecified atom stereocenters. The van der Waals surface area contributed by atoms with Crippen LogP contribution in [-0.4, -0.2) is 6.03 Å². The van der Waals surface area contributed by atoms with Gasteiger partial charge in [0.25, 0.3) is 0 Å². The van der Waals surface area contributed by atoms with Gasteiger partial charge in [-0.3, -0.25) is 0 Å². The third kappa shape index (κ3) is 3.90. The summed E-state index contributed by atoms with van der Waals surface area (Å²) in [6, 6.07) is 10.5. The molecule has 0 radical (unpaired) electrons. The third-order valence-electron chi connectivity index (χ3n) is 3.16. The fraction of sp³-hybridized carbons (Fsp3) is 0.188. The van der Waals surface area contributed by atoms with Crippen LogP contribution in [0.15, 0.2) is 36.4 Å². The van der Waals surface area contributed by atoms with Gasteiger partial charge in [-0.05, 0) is 42.7 Å². The van der Waals surface area contributed by atoms with Gasteiger partial charge < -0.3 is 10.6 Å². The Hall–Kier alpha value is -1.71. The fourth-order valence-electron chi connectivity index (χ4n) is 2.06. The van der Waals surface area contributed by atoms with Crippen molar-refractivity contribution in [3.63, 3.8) is 0 Å². The number of benzene rings is 2. The lowest BCUT2D eigenvalue weighted by Gasteiger charge is -2.14. The van der Waals surface area contributed by atoms with Crippen LogP contribution in [0.25, 0.3) is 0 Å². The van der Waals surface area contributed by atoms with Crippen molar-refractivity contribution in [1.29, 1.82) is 0 Å². The lowest BCUT2D eigenvalue weighted by molar-refractivity contribution is 0.262. The topological polar surface area (TPSA) is 41.1 Å². The average Bonchev–Trinajstić information content (AvgIpc) is 2.44. The summed E-state index contributed by atoms with van der Waals surface area (Å²) in [5.41, 5.74) is 3.46. The average molecular weight is 323 g/mol. The summed E-state index contributed by atoms with van der Waals surface area (Å²) in [6.07, 6.45) is 0.846. The number of para-hydroxylation sites is 1. The smallest absolute Gasteiger partial charge is 0.307 e. The zero-order chi connectivity index (χ0) is 15.4. The Labute approximate surface area is 134 Å². The molecule has 21 heavy (non-hydrogen) atoms. The van der Waals surface area contributed by atoms with Gasteiger partial charge in [0.2, 0.25) is 0 Å². The quantitative estimate of drug-likeness (QED) is 0.768. The van der Waals surface area contributed by atoms with E-state index in [0.29, 0.717) is 15.7 Å². The summed E-state index contributed by atoms with van der Waals surface area (Å²) in [5, 5.41) is 6.53. The van der Waals surface area contributed by atoms with Gasteiger partial charge in [0.15, 0.2) is 0 Å². The zero-order valence-corrected chi connectivity index (χ0v) is 13.3. The van der Waals surface area contributed by atoms with Gasteiger partial charge in [0, 0.05) is 10.7 Å². The molecule has 2 N–H and O–H groups in total. The maximum Gasteiger partial charge on any atom is 0.323 e. The minimum atomic E-state index is -0.330. The first kappa shape index (κ1) is 15.7. The molecule has 0 aliphatic rings. The SMILES string of the molecule is CCc1cccc(C)c1NC(=O)Nc1ccc(Cl)cc1Cl. The molecule has 0 saturated heterocycles. The van der Waals surface area contributed by atoms with Crippen LogP contribution in [0, 0.1) is 6.92 Å². The Kier molecular flexibility index (Phi) is 5.10. The lowest BCUT2D eigenvalue weighted by atomic mass is 10.1. The van der Waals surface area contributed by atoms with Crippen LogP contribution in [-0.2, 0) is 6.42 Å². The molecule has 0 spiro atoms. The highest BCUT2D eigenvalue weighted by Gasteiger charge is 2.10. The van der Waals surface area contributed by atoms with E-state index in [2.05, 4.69) is 10.6 Å². The van der Waals surface area contributed by atoms with Gasteiger partial charge >= 0.3 is 6.03 Å². The second-order valence-corrected chi connectivity index (χ2v) is 5.51. The Balaban J connectivity index is 2.15. The molecule has 3 nitrogen and oxygen atoms in total. The predicted octanol–water partition coefficient (Wildman–Crippen LogP) is 5.51. The Morgan fingerprint density at radius 3 is 2.57 bits per heavy atom. The number of anilines is 2. The van der Waals surface area contributed by atoms with E-state index in [-0.39, 0.29) is 6.03 Å². The molecular weight excluding hydrogens is 307 g/mol. The highest BCUT2D eigenvalue weighted by molar-refractivity contribution is 6.36. The summed E-state index contributed by atoms with van der Waals surface area (Å²) in [7, 11) is 0. The number of rotatable bonds is 3. The molecule has 0 heterocycles. The lowest BCUT2D eigenvalue weighted by Crippen LogP contribution is -2.21. The maximum absolute atomic E-state index is 12.1. The molecule has 0 atom stereocenters. The Bertz CT molecular complexity index is 671. The molecule has 0 fully saturated rings. The molecule has 2 rings (SSSR count). The van der Waals surface area contributed by atoms with Crippen molar-refractivity contribution < 1.29 is 4.79 Å². The summed E-state index contributed by atoms with van der Waals surface area (Å²) in [5.74, 6) is 0. The minimum Gasteiger partial charge on any atom is -0.307 e. The first-order chi connectivity index (χ1) is 10.0. The van der Waals surface area contributed by atoms with Crippen molar-refractivity contribution in [2.75, 3.05) is 10.6 Å². The van der Waals surface area contributed by atoms with Crippen LogP contribution >= 0.6 is 23.2 Å². The second kappa shape index (κ2) is 6.83. The van der Waals surface area contributed by atoms with E-state index >= 15 is 0 Å². The first-order valence-electron chi connectivity index (χ1n) is 6.62. The van der Waals surface area contributed by atoms with Crippen molar-refractivity contribution in [2.45, 2.75) is 20.3 Å². The van der Waals surface area contributed by atoms with Crippen LogP contribution in [0.2, 0.25) is 10.0 Å². The maximum atomic E-state index is 12.1. The van der Waals surface area contributed by atoms with E-state index in [1.165, 1.54) is 0 Å². The van der Waals surface area contributed by atoms with Crippen molar-refractivity contribution in [3.05, 3.63) is 57.6 Å². The summed E-state index contributed by atoms with van der Waals surface area (Å²) < 4.78 is 0. The number of hydrogen-bond acceptors (Lipinski definition) is 1. The number of carbonyl (C=O) groups excluding carboxylic acids is 1. The number of amides is 2. The van der Waals surface area contributed by atoms with Crippen LogP contribution in [0.3, 0.4) is 0 Å². The number of halogens is 2. The largest absolute Gasteiger partial charge is 0.323 e. The molecular formula is C16H16Cl2N2O. The standard InChI is InChI=1S/C16H16Cl2N2O/c1-3-11-6-4-5-10(2)15(11)20-16(21)19-14-8-7-12(17)9-13(14)18/h4-9H,3H2,1-2H3,(H2,19,20,21). The highest BCUT2D eigenvalue weighted by atomic mass is 35.5. The summed E-state index contributed by atoms with van der Waals surface area (Å²) in [4.78, 5) is 12.1. The molecule has 2 aromatic carbocycles. The molecule has 2 amide bonds. The second-order valence-electron chi connectivity index (χ2n) is 4.67. The fourth-order valence-corrected chi connectivity index (χ4v) is 2.52. The molecule has 0 saturated carbocycles. The number of urea groups is 1. The van der Waals surface area contributed by atoms with Gasteiger partial charge in [-0.1, -0.05) is 48.3 Å². The predicted molar refractivity (Wildman–Crippen MR) is 89.7 cm³/mol. The van der Waals surface area contributed by atoms with Crippen molar-refractivity contribution >= 4 is 40.6 Å². The Morgan fingerprint density at radius 1 is 1.14 bits per heavy atom. The van der Waals surface area contributed by atoms with Crippen molar-refractivity contribution in [1.82, 2.24) is 0 Å². The van der Waals surface area contributed by atoms with E-state index in [0.717, 1.165) is 23.2 Å². The molecule has 0 aliphatic carbocycles. The summed E-state index contributed by atoms with van der Waals surface area (Å²) >= 11 is 11.9. The molecule has 5 heteroatoms. The van der Waals surface area contributed by atoms with E-state index in [1.54, 1.807) is 18.2 Å². The zero-order valence-electron chi connectivity index (χ0n) is 11.8. The van der Waals surface area contributed by atoms with E-state index in [1.807, 2.05) is 32.0 Å². The van der Waals surface area contributed by atoms with E-state index in [4.69, 9.17) is 23.2 Å². The molecule has 0 bridgehead atoms. The van der Waals surface area contributed by atoms with Crippen LogP contribution in [0.4, 0.5) is 16.2 Å². The molecule has 110 valence electrons. The van der Waals surface area contributed by atoms with Crippen LogP contribution in [0.5, 0.6) is 0 Å². The monoisotopic (exact) mass is 322 g/mol. The number of aryl methyl sites for hydroxylation is 2. The Morgan fingerprint density at radius 2 is 1.90 bits per heavy atom. The minimum absolute atomic E-state index is 0.330. The van der Waals surface area contributed by atoms with E-state index in [9.17, 15) is 4.79 Å². The van der Waals surface area contributed by atoms with Gasteiger partial charge in [0.1, 0.15) is 0 Å². The van der Waals surface area contributed by atoms with Gasteiger partial charge in [-0.25, -0.2) is 4.79 Å². The van der Waals surface area contributed by atoms with Gasteiger partial charge in [0.05, 0.1) is 10.7 Å². The number of hydrogen-bond donors (Lipinski definition) is 2. The van der Waals surface area contributed by atoms with Crippen LogP contribution < -0.4 is 10.6 Å². The highest BCUT2D eigenvalue weighted by Crippen LogP contribution is 2.26. The number of nitrogens with one attached hydrogen (secondary N) is 2. The van der Waals surface area contributed by atoms with Crippen molar-refractivity contribution in [3.8, 4) is 0 Å². The molecule has 0 aromatic heterocycles. The van der Waals surface area contributed by atoms with E-state index < -0.39 is 0 Å². The normalized spacial score (nSPS) is 10.3. The first-order valence-corrected chi connectivity index (χ1v) is 7.38. The number of carbonyl (C=O) groups is 1. The van der Waals surface area contributed by atoms with Crippen LogP contribution in [0.1, 0.15) is 18.1 Å². The van der Waals surface area contributed by atoms with Crippen molar-refractivity contribution in [2.24, 2.45) is 0 Å². The molecule has 2 aromatic rings. The third-order valence-corrected chi connectivity index (χ3v) is 3.71. The molecule has 0 aliphatic heterocycles. The van der Waals surface area contributed by atoms with Gasteiger partial charge in [-0.15, -0.1) is 0 Å². The summed E-state index contributed by atoms with van der Waals surface area (Å²) in [6.45, 7) is 4.01.